The van der Waals surface area contributed by atoms with E-state index in [0.717, 1.165) is 16.7 Å². The number of carbonyl (C=O) groups is 2. The second-order valence-electron chi connectivity index (χ2n) is 7.57. The molecule has 0 unspecified atom stereocenters. The molecule has 0 saturated carbocycles. The Hall–Kier alpha value is -3.47. The number of hydrogen-bond donors (Lipinski definition) is 1. The molecule has 2 amide bonds. The summed E-state index contributed by atoms with van der Waals surface area (Å²) in [6, 6.07) is 22.7. The van der Waals surface area contributed by atoms with Gasteiger partial charge in [-0.3, -0.25) is 9.59 Å². The van der Waals surface area contributed by atoms with Crippen LogP contribution in [0, 0.1) is 12.7 Å². The molecule has 0 bridgehead atoms. The van der Waals surface area contributed by atoms with Crippen LogP contribution < -0.4 is 5.32 Å². The van der Waals surface area contributed by atoms with Crippen molar-refractivity contribution in [3.63, 3.8) is 0 Å². The molecular weight excluding hydrogens is 391 g/mol. The first-order chi connectivity index (χ1) is 15.0. The molecule has 0 heterocycles. The van der Waals surface area contributed by atoms with E-state index in [0.29, 0.717) is 18.5 Å². The highest BCUT2D eigenvalue weighted by Gasteiger charge is 2.30. The highest BCUT2D eigenvalue weighted by atomic mass is 19.1. The summed E-state index contributed by atoms with van der Waals surface area (Å²) < 4.78 is 13.3. The van der Waals surface area contributed by atoms with Gasteiger partial charge in [0.2, 0.25) is 11.8 Å². The van der Waals surface area contributed by atoms with Gasteiger partial charge in [-0.15, -0.1) is 0 Å². The van der Waals surface area contributed by atoms with Crippen LogP contribution in [0.4, 0.5) is 4.39 Å². The lowest BCUT2D eigenvalue weighted by molar-refractivity contribution is -0.140. The van der Waals surface area contributed by atoms with Gasteiger partial charge in [-0.25, -0.2) is 4.39 Å². The van der Waals surface area contributed by atoms with Gasteiger partial charge in [0, 0.05) is 20.0 Å². The van der Waals surface area contributed by atoms with Crippen LogP contribution in [0.1, 0.15) is 22.3 Å². The molecule has 0 radical (unpaired) electrons. The SMILES string of the molecule is CNC(=O)[C@@H](Cc1ccccc1)N(Cc1ccccc1C)C(=O)Cc1ccc(F)cc1. The van der Waals surface area contributed by atoms with Crippen LogP contribution in [0.15, 0.2) is 78.9 Å². The maximum absolute atomic E-state index is 13.4. The number of hydrogen-bond acceptors (Lipinski definition) is 2. The summed E-state index contributed by atoms with van der Waals surface area (Å²) in [7, 11) is 1.58. The van der Waals surface area contributed by atoms with E-state index in [1.54, 1.807) is 24.1 Å². The van der Waals surface area contributed by atoms with Crippen molar-refractivity contribution < 1.29 is 14.0 Å². The second kappa shape index (κ2) is 10.5. The molecule has 0 fully saturated rings. The molecular formula is C26H27FN2O2. The number of carbonyl (C=O) groups excluding carboxylic acids is 2. The molecule has 1 N–H and O–H groups in total. The van der Waals surface area contributed by atoms with E-state index in [4.69, 9.17) is 0 Å². The van der Waals surface area contributed by atoms with Crippen LogP contribution >= 0.6 is 0 Å². The minimum absolute atomic E-state index is 0.0917. The summed E-state index contributed by atoms with van der Waals surface area (Å²) in [5.41, 5.74) is 3.71. The number of halogens is 1. The van der Waals surface area contributed by atoms with Gasteiger partial charge >= 0.3 is 0 Å². The van der Waals surface area contributed by atoms with E-state index in [2.05, 4.69) is 5.32 Å². The van der Waals surface area contributed by atoms with E-state index in [9.17, 15) is 14.0 Å². The number of nitrogens with one attached hydrogen (secondary N) is 1. The standard InChI is InChI=1S/C26H27FN2O2/c1-19-8-6-7-11-22(19)18-29(25(30)17-21-12-14-23(27)15-13-21)24(26(31)28-2)16-20-9-4-3-5-10-20/h3-15,24H,16-18H2,1-2H3,(H,28,31)/t24-/m1/s1. The molecule has 3 aromatic carbocycles. The lowest BCUT2D eigenvalue weighted by Crippen LogP contribution is -2.50. The minimum Gasteiger partial charge on any atom is -0.357 e. The Labute approximate surface area is 182 Å². The highest BCUT2D eigenvalue weighted by molar-refractivity contribution is 5.88. The second-order valence-corrected chi connectivity index (χ2v) is 7.57. The fraction of sp³-hybridized carbons (Fsp3) is 0.231. The zero-order valence-corrected chi connectivity index (χ0v) is 17.8. The van der Waals surface area contributed by atoms with E-state index in [-0.39, 0.29) is 24.1 Å². The normalized spacial score (nSPS) is 11.6. The number of likely N-dealkylation sites (N-methyl/N-ethyl adjacent to an activating group) is 1. The van der Waals surface area contributed by atoms with Crippen LogP contribution in [-0.4, -0.2) is 29.8 Å². The lowest BCUT2D eigenvalue weighted by Gasteiger charge is -2.31. The Balaban J connectivity index is 1.94. The molecule has 0 saturated heterocycles. The number of rotatable bonds is 8. The van der Waals surface area contributed by atoms with Crippen LogP contribution in [0.5, 0.6) is 0 Å². The number of nitrogens with zero attached hydrogens (tertiary/aromatic N) is 1. The Morgan fingerprint density at radius 1 is 0.903 bits per heavy atom. The van der Waals surface area contributed by atoms with Crippen molar-refractivity contribution in [3.05, 3.63) is 107 Å². The molecule has 0 aliphatic rings. The van der Waals surface area contributed by atoms with Gasteiger partial charge in [0.1, 0.15) is 11.9 Å². The van der Waals surface area contributed by atoms with E-state index < -0.39 is 6.04 Å². The Kier molecular flexibility index (Phi) is 7.55. The quantitative estimate of drug-likeness (QED) is 0.600. The van der Waals surface area contributed by atoms with Crippen LogP contribution in [-0.2, 0) is 29.0 Å². The fourth-order valence-corrected chi connectivity index (χ4v) is 3.57. The Morgan fingerprint density at radius 2 is 1.55 bits per heavy atom. The summed E-state index contributed by atoms with van der Waals surface area (Å²) in [4.78, 5) is 27.9. The van der Waals surface area contributed by atoms with Gasteiger partial charge < -0.3 is 10.2 Å². The summed E-state index contributed by atoms with van der Waals surface area (Å²) >= 11 is 0. The van der Waals surface area contributed by atoms with Crippen molar-refractivity contribution in [3.8, 4) is 0 Å². The molecule has 4 nitrogen and oxygen atoms in total. The van der Waals surface area contributed by atoms with Gasteiger partial charge in [0.25, 0.3) is 0 Å². The summed E-state index contributed by atoms with van der Waals surface area (Å²) in [6.07, 6.45) is 0.496. The van der Waals surface area contributed by atoms with Crippen molar-refractivity contribution in [1.29, 1.82) is 0 Å². The highest BCUT2D eigenvalue weighted by Crippen LogP contribution is 2.18. The van der Waals surface area contributed by atoms with Gasteiger partial charge in [-0.2, -0.15) is 0 Å². The molecule has 5 heteroatoms. The maximum Gasteiger partial charge on any atom is 0.242 e. The van der Waals surface area contributed by atoms with E-state index in [1.807, 2.05) is 61.5 Å². The average molecular weight is 419 g/mol. The fourth-order valence-electron chi connectivity index (χ4n) is 3.57. The summed E-state index contributed by atoms with van der Waals surface area (Å²) in [6.45, 7) is 2.31. The van der Waals surface area contributed by atoms with Crippen molar-refractivity contribution in [2.24, 2.45) is 0 Å². The Bertz CT molecular complexity index is 1020. The summed E-state index contributed by atoms with van der Waals surface area (Å²) in [5.74, 6) is -0.746. The van der Waals surface area contributed by atoms with Crippen molar-refractivity contribution >= 4 is 11.8 Å². The smallest absolute Gasteiger partial charge is 0.242 e. The third-order valence-electron chi connectivity index (χ3n) is 5.39. The van der Waals surface area contributed by atoms with Crippen LogP contribution in [0.2, 0.25) is 0 Å². The maximum atomic E-state index is 13.4. The third-order valence-corrected chi connectivity index (χ3v) is 5.39. The zero-order chi connectivity index (χ0) is 22.2. The minimum atomic E-state index is -0.667. The van der Waals surface area contributed by atoms with Crippen LogP contribution in [0.25, 0.3) is 0 Å². The molecule has 0 aliphatic carbocycles. The Morgan fingerprint density at radius 3 is 2.19 bits per heavy atom. The van der Waals surface area contributed by atoms with Gasteiger partial charge in [0.15, 0.2) is 0 Å². The number of benzene rings is 3. The van der Waals surface area contributed by atoms with Crippen LogP contribution in [0.3, 0.4) is 0 Å². The molecule has 160 valence electrons. The van der Waals surface area contributed by atoms with Gasteiger partial charge in [0.05, 0.1) is 6.42 Å². The molecule has 0 aliphatic heterocycles. The van der Waals surface area contributed by atoms with Gasteiger partial charge in [-0.05, 0) is 41.3 Å². The number of amides is 2. The first kappa shape index (κ1) is 22.2. The van der Waals surface area contributed by atoms with E-state index >= 15 is 0 Å². The van der Waals surface area contributed by atoms with Crippen molar-refractivity contribution in [2.75, 3.05) is 7.05 Å². The largest absolute Gasteiger partial charge is 0.357 e. The van der Waals surface area contributed by atoms with Crippen molar-refractivity contribution in [2.45, 2.75) is 32.4 Å². The van der Waals surface area contributed by atoms with E-state index in [1.165, 1.54) is 12.1 Å². The molecule has 3 aromatic rings. The molecule has 1 atom stereocenters. The monoisotopic (exact) mass is 418 g/mol. The topological polar surface area (TPSA) is 49.4 Å². The predicted octanol–water partition coefficient (Wildman–Crippen LogP) is 4.06. The molecule has 3 rings (SSSR count). The zero-order valence-electron chi connectivity index (χ0n) is 17.8. The molecule has 0 spiro atoms. The number of aryl methyl sites for hydroxylation is 1. The van der Waals surface area contributed by atoms with Gasteiger partial charge in [-0.1, -0.05) is 66.7 Å². The third kappa shape index (κ3) is 6.01. The summed E-state index contributed by atoms with van der Waals surface area (Å²) in [5, 5.41) is 2.71. The predicted molar refractivity (Wildman–Crippen MR) is 120 cm³/mol. The van der Waals surface area contributed by atoms with Crippen molar-refractivity contribution in [1.82, 2.24) is 10.2 Å². The average Bonchev–Trinajstić information content (AvgIpc) is 2.79. The first-order valence-electron chi connectivity index (χ1n) is 10.3. The first-order valence-corrected chi connectivity index (χ1v) is 10.3. The lowest BCUT2D eigenvalue weighted by atomic mass is 10.0. The molecule has 31 heavy (non-hydrogen) atoms. The molecule has 0 aromatic heterocycles.